The van der Waals surface area contributed by atoms with Crippen molar-refractivity contribution in [1.82, 2.24) is 4.90 Å². The molecular weight excluding hydrogens is 563 g/mol. The predicted octanol–water partition coefficient (Wildman–Crippen LogP) is 6.30. The van der Waals surface area contributed by atoms with Crippen molar-refractivity contribution in [3.63, 3.8) is 0 Å². The van der Waals surface area contributed by atoms with Crippen molar-refractivity contribution < 1.29 is 16.8 Å². The Bertz CT molecular complexity index is 1240. The maximum atomic E-state index is 13.7. The van der Waals surface area contributed by atoms with Crippen LogP contribution >= 0.6 is 34.8 Å². The van der Waals surface area contributed by atoms with Crippen LogP contribution in [0.4, 0.5) is 5.69 Å². The van der Waals surface area contributed by atoms with Gasteiger partial charge in [0.15, 0.2) is 0 Å². The summed E-state index contributed by atoms with van der Waals surface area (Å²) >= 11 is 18.6. The lowest BCUT2D eigenvalue weighted by molar-refractivity contribution is 0.159. The van der Waals surface area contributed by atoms with E-state index in [4.69, 9.17) is 34.8 Å². The lowest BCUT2D eigenvalue weighted by Gasteiger charge is -2.35. The quantitative estimate of drug-likeness (QED) is 0.285. The van der Waals surface area contributed by atoms with Gasteiger partial charge in [0, 0.05) is 28.4 Å². The summed E-state index contributed by atoms with van der Waals surface area (Å²) in [6.45, 7) is 3.54. The number of nitrogens with zero attached hydrogens (tertiary/aromatic N) is 2. The Hall–Kier alpha value is -1.03. The number of sulfone groups is 1. The third kappa shape index (κ3) is 7.98. The fourth-order valence-electron chi connectivity index (χ4n) is 4.74. The van der Waals surface area contributed by atoms with Crippen molar-refractivity contribution in [2.24, 2.45) is 0 Å². The van der Waals surface area contributed by atoms with Crippen molar-refractivity contribution in [3.05, 3.63) is 57.5 Å². The van der Waals surface area contributed by atoms with Gasteiger partial charge in [-0.05, 0) is 88.2 Å². The first-order valence-electron chi connectivity index (χ1n) is 12.1. The lowest BCUT2D eigenvalue weighted by atomic mass is 10.0. The fraction of sp³-hybridized carbons (Fsp3) is 0.520. The van der Waals surface area contributed by atoms with Gasteiger partial charge in [-0.15, -0.1) is 0 Å². The number of sulfonamides is 1. The van der Waals surface area contributed by atoms with Gasteiger partial charge in [-0.25, -0.2) is 16.8 Å². The molecule has 6 nitrogen and oxygen atoms in total. The van der Waals surface area contributed by atoms with Crippen LogP contribution in [-0.2, 0) is 19.9 Å². The van der Waals surface area contributed by atoms with E-state index < -0.39 is 25.9 Å². The predicted molar refractivity (Wildman–Crippen MR) is 150 cm³/mol. The summed E-state index contributed by atoms with van der Waals surface area (Å²) in [6.07, 6.45) is 6.50. The molecule has 1 saturated heterocycles. The molecule has 1 aliphatic heterocycles. The Balaban J connectivity index is 1.75. The summed E-state index contributed by atoms with van der Waals surface area (Å²) < 4.78 is 52.5. The SMILES string of the molecule is C[C@H](CCCCN1CCCCC1CS(C)(=O)=O)N(c1cc(Cl)ccc1Cl)S(=O)(=O)c1ccc(Cl)cc1. The number of unbranched alkanes of at least 4 members (excludes halogenated alkanes) is 1. The third-order valence-corrected chi connectivity index (χ3v) is 10.2. The van der Waals surface area contributed by atoms with E-state index in [9.17, 15) is 16.8 Å². The maximum Gasteiger partial charge on any atom is 0.264 e. The Kier molecular flexibility index (Phi) is 10.4. The lowest BCUT2D eigenvalue weighted by Crippen LogP contribution is -2.44. The molecule has 0 amide bonds. The Morgan fingerprint density at radius 2 is 1.64 bits per heavy atom. The van der Waals surface area contributed by atoms with E-state index >= 15 is 0 Å². The van der Waals surface area contributed by atoms with E-state index in [-0.39, 0.29) is 16.7 Å². The molecular formula is C25H33Cl3N2O4S2. The number of hydrogen-bond acceptors (Lipinski definition) is 5. The molecule has 0 saturated carbocycles. The van der Waals surface area contributed by atoms with Gasteiger partial charge in [0.2, 0.25) is 0 Å². The molecule has 1 unspecified atom stereocenters. The van der Waals surface area contributed by atoms with Crippen LogP contribution < -0.4 is 4.31 Å². The summed E-state index contributed by atoms with van der Waals surface area (Å²) in [7, 11) is -6.98. The molecule has 3 rings (SSSR count). The first kappa shape index (κ1) is 29.5. The number of halogens is 3. The van der Waals surface area contributed by atoms with Crippen LogP contribution in [0.1, 0.15) is 45.4 Å². The molecule has 200 valence electrons. The first-order chi connectivity index (χ1) is 16.9. The second-order valence-corrected chi connectivity index (χ2v) is 14.8. The number of piperidine rings is 1. The van der Waals surface area contributed by atoms with Crippen LogP contribution in [0.25, 0.3) is 0 Å². The smallest absolute Gasteiger partial charge is 0.264 e. The minimum Gasteiger partial charge on any atom is -0.299 e. The zero-order chi connectivity index (χ0) is 26.5. The zero-order valence-electron chi connectivity index (χ0n) is 20.5. The second kappa shape index (κ2) is 12.7. The number of likely N-dealkylation sites (tertiary alicyclic amines) is 1. The molecule has 1 heterocycles. The van der Waals surface area contributed by atoms with Crippen molar-refractivity contribution >= 4 is 60.4 Å². The van der Waals surface area contributed by atoms with E-state index in [0.717, 1.165) is 45.2 Å². The largest absolute Gasteiger partial charge is 0.299 e. The first-order valence-corrected chi connectivity index (χ1v) is 16.7. The second-order valence-electron chi connectivity index (χ2n) is 9.47. The molecule has 0 aliphatic carbocycles. The van der Waals surface area contributed by atoms with Gasteiger partial charge in [-0.3, -0.25) is 9.21 Å². The number of hydrogen-bond donors (Lipinski definition) is 0. The van der Waals surface area contributed by atoms with E-state index in [1.54, 1.807) is 30.3 Å². The van der Waals surface area contributed by atoms with Crippen LogP contribution in [0, 0.1) is 0 Å². The van der Waals surface area contributed by atoms with Crippen LogP contribution in [0.5, 0.6) is 0 Å². The average Bonchev–Trinajstić information content (AvgIpc) is 2.79. The minimum absolute atomic E-state index is 0.0539. The minimum atomic E-state index is -3.94. The molecule has 2 atom stereocenters. The molecule has 36 heavy (non-hydrogen) atoms. The van der Waals surface area contributed by atoms with Gasteiger partial charge in [0.25, 0.3) is 10.0 Å². The zero-order valence-corrected chi connectivity index (χ0v) is 24.4. The van der Waals surface area contributed by atoms with E-state index in [1.165, 1.54) is 22.7 Å². The summed E-state index contributed by atoms with van der Waals surface area (Å²) in [4.78, 5) is 2.39. The molecule has 0 radical (unpaired) electrons. The van der Waals surface area contributed by atoms with Crippen molar-refractivity contribution in [3.8, 4) is 0 Å². The molecule has 0 bridgehead atoms. The van der Waals surface area contributed by atoms with Crippen LogP contribution in [0.15, 0.2) is 47.4 Å². The standard InChI is InChI=1S/C25H33Cl3N2O4S2/c1-19(7-3-5-15-29-16-6-4-8-22(29)18-35(2,31)32)30(25-17-21(27)11-14-24(25)28)36(33,34)23-12-9-20(26)10-13-23/h9-14,17,19,22H,3-8,15-16,18H2,1-2H3/t19-,22?/m1/s1. The fourth-order valence-corrected chi connectivity index (χ4v) is 8.07. The average molecular weight is 596 g/mol. The van der Waals surface area contributed by atoms with Crippen molar-refractivity contribution in [1.29, 1.82) is 0 Å². The summed E-state index contributed by atoms with van der Waals surface area (Å²) in [5.74, 6) is 0.184. The van der Waals surface area contributed by atoms with Gasteiger partial charge in [0.1, 0.15) is 9.84 Å². The van der Waals surface area contributed by atoms with Crippen LogP contribution in [0.3, 0.4) is 0 Å². The van der Waals surface area contributed by atoms with Gasteiger partial charge in [-0.1, -0.05) is 47.6 Å². The van der Waals surface area contributed by atoms with Gasteiger partial charge >= 0.3 is 0 Å². The summed E-state index contributed by atoms with van der Waals surface area (Å²) in [6, 6.07) is 10.5. The number of anilines is 1. The van der Waals surface area contributed by atoms with Gasteiger partial charge in [-0.2, -0.15) is 0 Å². The summed E-state index contributed by atoms with van der Waals surface area (Å²) in [5.41, 5.74) is 0.330. The van der Waals surface area contributed by atoms with Crippen molar-refractivity contribution in [2.75, 3.05) is 29.4 Å². The molecule has 2 aromatic carbocycles. The molecule has 0 N–H and O–H groups in total. The summed E-state index contributed by atoms with van der Waals surface area (Å²) in [5, 5.41) is 1.13. The molecule has 11 heteroatoms. The van der Waals surface area contributed by atoms with E-state index in [1.807, 2.05) is 6.92 Å². The molecule has 2 aromatic rings. The van der Waals surface area contributed by atoms with Crippen LogP contribution in [-0.4, -0.2) is 58.9 Å². The highest BCUT2D eigenvalue weighted by atomic mass is 35.5. The highest BCUT2D eigenvalue weighted by Crippen LogP contribution is 2.36. The Morgan fingerprint density at radius 1 is 0.972 bits per heavy atom. The molecule has 0 aromatic heterocycles. The molecule has 1 aliphatic rings. The monoisotopic (exact) mass is 594 g/mol. The highest BCUT2D eigenvalue weighted by Gasteiger charge is 2.31. The normalized spacial score (nSPS) is 18.2. The van der Waals surface area contributed by atoms with Gasteiger partial charge in [0.05, 0.1) is 21.4 Å². The number of benzene rings is 2. The number of rotatable bonds is 11. The van der Waals surface area contributed by atoms with Crippen LogP contribution in [0.2, 0.25) is 15.1 Å². The van der Waals surface area contributed by atoms with E-state index in [0.29, 0.717) is 27.2 Å². The van der Waals surface area contributed by atoms with Crippen molar-refractivity contribution in [2.45, 2.75) is 62.4 Å². The third-order valence-electron chi connectivity index (χ3n) is 6.48. The van der Waals surface area contributed by atoms with E-state index in [2.05, 4.69) is 4.90 Å². The Labute approximate surface area is 230 Å². The van der Waals surface area contributed by atoms with Gasteiger partial charge < -0.3 is 0 Å². The highest BCUT2D eigenvalue weighted by molar-refractivity contribution is 7.93. The topological polar surface area (TPSA) is 74.8 Å². The molecule has 0 spiro atoms. The molecule has 1 fully saturated rings. The maximum absolute atomic E-state index is 13.7. The Morgan fingerprint density at radius 3 is 2.31 bits per heavy atom.